The van der Waals surface area contributed by atoms with E-state index in [1.54, 1.807) is 0 Å². The van der Waals surface area contributed by atoms with E-state index >= 15 is 0 Å². The molecule has 0 spiro atoms. The summed E-state index contributed by atoms with van der Waals surface area (Å²) in [7, 11) is 0. The molecule has 3 heteroatoms. The van der Waals surface area contributed by atoms with Gasteiger partial charge < -0.3 is 10.3 Å². The van der Waals surface area contributed by atoms with E-state index in [0.717, 1.165) is 16.5 Å². The topological polar surface area (TPSA) is 49.5 Å². The van der Waals surface area contributed by atoms with E-state index in [2.05, 4.69) is 29.4 Å². The number of benzene rings is 2. The van der Waals surface area contributed by atoms with Crippen molar-refractivity contribution in [3.63, 3.8) is 0 Å². The number of para-hydroxylation sites is 1. The first kappa shape index (κ1) is 14.5. The molecule has 0 unspecified atom stereocenters. The van der Waals surface area contributed by atoms with E-state index in [1.807, 2.05) is 55.6 Å². The number of hydrogen-bond acceptors (Lipinski definition) is 1. The van der Waals surface area contributed by atoms with Crippen molar-refractivity contribution in [3.05, 3.63) is 71.9 Å². The molecule has 3 aromatic rings. The average molecular weight is 293 g/mol. The lowest BCUT2D eigenvalue weighted by atomic mass is 10.0. The van der Waals surface area contributed by atoms with Gasteiger partial charge in [-0.2, -0.15) is 0 Å². The summed E-state index contributed by atoms with van der Waals surface area (Å²) in [5, 5.41) is 3.12. The quantitative estimate of drug-likeness (QED) is 0.698. The van der Waals surface area contributed by atoms with Crippen LogP contribution in [0.15, 0.2) is 60.8 Å². The zero-order chi connectivity index (χ0) is 15.5. The van der Waals surface area contributed by atoms with Gasteiger partial charge in [0.1, 0.15) is 12.1 Å². The molecule has 0 aliphatic carbocycles. The van der Waals surface area contributed by atoms with Crippen molar-refractivity contribution in [1.29, 1.82) is 0 Å². The first-order chi connectivity index (χ1) is 10.7. The first-order valence-electron chi connectivity index (χ1n) is 7.67. The average Bonchev–Trinajstić information content (AvgIpc) is 2.99. The Morgan fingerprint density at radius 3 is 2.45 bits per heavy atom. The molecular weight excluding hydrogens is 272 g/mol. The summed E-state index contributed by atoms with van der Waals surface area (Å²) in [5.74, 6) is 0.167. The normalized spacial score (nSPS) is 13.9. The second-order valence-corrected chi connectivity index (χ2v) is 5.79. The second-order valence-electron chi connectivity index (χ2n) is 5.79. The van der Waals surface area contributed by atoms with Gasteiger partial charge >= 0.3 is 0 Å². The molecule has 22 heavy (non-hydrogen) atoms. The van der Waals surface area contributed by atoms with Crippen LogP contribution in [0.2, 0.25) is 0 Å². The molecular formula is C19H21N2O+. The van der Waals surface area contributed by atoms with Crippen LogP contribution in [-0.4, -0.2) is 16.8 Å². The van der Waals surface area contributed by atoms with Gasteiger partial charge in [0.25, 0.3) is 0 Å². The highest BCUT2D eigenvalue weighted by Gasteiger charge is 2.23. The molecule has 1 aromatic heterocycles. The van der Waals surface area contributed by atoms with Crippen LogP contribution in [0.4, 0.5) is 0 Å². The van der Waals surface area contributed by atoms with Crippen LogP contribution in [-0.2, 0) is 0 Å². The van der Waals surface area contributed by atoms with Crippen molar-refractivity contribution >= 4 is 16.7 Å². The van der Waals surface area contributed by atoms with Crippen molar-refractivity contribution in [3.8, 4) is 0 Å². The minimum Gasteiger partial charge on any atom is -0.360 e. The summed E-state index contributed by atoms with van der Waals surface area (Å²) in [6.45, 7) is 4.11. The molecule has 0 bridgehead atoms. The summed E-state index contributed by atoms with van der Waals surface area (Å²) in [4.78, 5) is 15.9. The number of H-pyrrole nitrogens is 1. The van der Waals surface area contributed by atoms with Crippen molar-refractivity contribution in [2.24, 2.45) is 0 Å². The molecule has 0 fully saturated rings. The summed E-state index contributed by atoms with van der Waals surface area (Å²) in [6, 6.07) is 18.3. The van der Waals surface area contributed by atoms with E-state index in [9.17, 15) is 4.79 Å². The monoisotopic (exact) mass is 293 g/mol. The third-order valence-electron chi connectivity index (χ3n) is 4.17. The van der Waals surface area contributed by atoms with Crippen LogP contribution in [0.3, 0.4) is 0 Å². The number of hydrogen-bond donors (Lipinski definition) is 2. The molecule has 0 saturated carbocycles. The summed E-state index contributed by atoms with van der Waals surface area (Å²) in [6.07, 6.45) is 1.82. The molecule has 2 atom stereocenters. The maximum absolute atomic E-state index is 12.7. The molecule has 0 aliphatic heterocycles. The fourth-order valence-electron chi connectivity index (χ4n) is 2.91. The van der Waals surface area contributed by atoms with Gasteiger partial charge in [-0.3, -0.25) is 4.79 Å². The Bertz CT molecular complexity index is 776. The molecule has 1 heterocycles. The van der Waals surface area contributed by atoms with E-state index in [0.29, 0.717) is 0 Å². The minimum absolute atomic E-state index is 0.116. The number of Topliss-reactive ketones (excluding diaryl/α,β-unsaturated/α-hetero) is 1. The Kier molecular flexibility index (Phi) is 4.07. The Morgan fingerprint density at radius 2 is 1.68 bits per heavy atom. The predicted molar refractivity (Wildman–Crippen MR) is 88.9 cm³/mol. The second kappa shape index (κ2) is 6.16. The molecule has 3 nitrogen and oxygen atoms in total. The number of ketones is 1. The zero-order valence-corrected chi connectivity index (χ0v) is 12.9. The van der Waals surface area contributed by atoms with Gasteiger partial charge in [-0.1, -0.05) is 48.5 Å². The molecule has 3 N–H and O–H groups in total. The third-order valence-corrected chi connectivity index (χ3v) is 4.17. The van der Waals surface area contributed by atoms with E-state index < -0.39 is 0 Å². The number of carbonyl (C=O) groups excluding carboxylic acids is 1. The highest BCUT2D eigenvalue weighted by molar-refractivity contribution is 6.09. The fourth-order valence-corrected chi connectivity index (χ4v) is 2.91. The lowest BCUT2D eigenvalue weighted by Crippen LogP contribution is -2.91. The number of carbonyl (C=O) groups is 1. The van der Waals surface area contributed by atoms with Crippen LogP contribution >= 0.6 is 0 Å². The number of aromatic amines is 1. The molecule has 0 amide bonds. The lowest BCUT2D eigenvalue weighted by molar-refractivity contribution is -0.709. The number of nitrogens with two attached hydrogens (primary N) is 1. The van der Waals surface area contributed by atoms with Crippen LogP contribution < -0.4 is 5.32 Å². The van der Waals surface area contributed by atoms with Crippen LogP contribution in [0, 0.1) is 0 Å². The van der Waals surface area contributed by atoms with Gasteiger partial charge in [-0.15, -0.1) is 0 Å². The van der Waals surface area contributed by atoms with E-state index in [-0.39, 0.29) is 17.9 Å². The van der Waals surface area contributed by atoms with Gasteiger partial charge in [0.05, 0.1) is 0 Å². The smallest absolute Gasteiger partial charge is 0.221 e. The van der Waals surface area contributed by atoms with Crippen molar-refractivity contribution in [1.82, 2.24) is 4.98 Å². The van der Waals surface area contributed by atoms with Crippen LogP contribution in [0.5, 0.6) is 0 Å². The minimum atomic E-state index is -0.116. The maximum Gasteiger partial charge on any atom is 0.221 e. The Balaban J connectivity index is 1.77. The Hall–Kier alpha value is -2.39. The number of aromatic nitrogens is 1. The zero-order valence-electron chi connectivity index (χ0n) is 12.9. The van der Waals surface area contributed by atoms with Gasteiger partial charge in [-0.05, 0) is 19.9 Å². The molecule has 112 valence electrons. The Labute approximate surface area is 130 Å². The van der Waals surface area contributed by atoms with E-state index in [4.69, 9.17) is 0 Å². The number of quaternary nitrogens is 1. The summed E-state index contributed by atoms with van der Waals surface area (Å²) < 4.78 is 0. The molecule has 0 aliphatic rings. The highest BCUT2D eigenvalue weighted by atomic mass is 16.1. The van der Waals surface area contributed by atoms with Crippen LogP contribution in [0.25, 0.3) is 10.9 Å². The predicted octanol–water partition coefficient (Wildman–Crippen LogP) is 3.06. The van der Waals surface area contributed by atoms with Crippen molar-refractivity contribution < 1.29 is 10.1 Å². The summed E-state index contributed by atoms with van der Waals surface area (Å²) >= 11 is 0. The third kappa shape index (κ3) is 2.81. The maximum atomic E-state index is 12.7. The SMILES string of the molecule is C[C@H]([NH2+][C@@H](C)c1ccccc1)C(=O)c1c[nH]c2ccccc12. The first-order valence-corrected chi connectivity index (χ1v) is 7.67. The summed E-state index contributed by atoms with van der Waals surface area (Å²) in [5.41, 5.74) is 3.02. The number of rotatable bonds is 5. The lowest BCUT2D eigenvalue weighted by Gasteiger charge is -2.16. The van der Waals surface area contributed by atoms with Crippen molar-refractivity contribution in [2.45, 2.75) is 25.9 Å². The standard InChI is InChI=1S/C19H20N2O/c1-13(15-8-4-3-5-9-15)21-14(2)19(22)17-12-20-18-11-7-6-10-16(17)18/h3-14,20-21H,1-2H3/p+1/t13-,14-/m0/s1. The van der Waals surface area contributed by atoms with Gasteiger partial charge in [-0.25, -0.2) is 0 Å². The largest absolute Gasteiger partial charge is 0.360 e. The molecule has 2 aromatic carbocycles. The van der Waals surface area contributed by atoms with Gasteiger partial charge in [0, 0.05) is 28.2 Å². The number of fused-ring (bicyclic) bond motifs is 1. The van der Waals surface area contributed by atoms with E-state index in [1.165, 1.54) is 5.56 Å². The molecule has 0 radical (unpaired) electrons. The van der Waals surface area contributed by atoms with Gasteiger partial charge in [0.15, 0.2) is 0 Å². The van der Waals surface area contributed by atoms with Gasteiger partial charge in [0.2, 0.25) is 5.78 Å². The number of nitrogens with one attached hydrogen (secondary N) is 1. The fraction of sp³-hybridized carbons (Fsp3) is 0.211. The molecule has 0 saturated heterocycles. The highest BCUT2D eigenvalue weighted by Crippen LogP contribution is 2.18. The van der Waals surface area contributed by atoms with Crippen LogP contribution in [0.1, 0.15) is 35.8 Å². The Morgan fingerprint density at radius 1 is 1.00 bits per heavy atom. The van der Waals surface area contributed by atoms with Crippen molar-refractivity contribution in [2.75, 3.05) is 0 Å². The molecule has 3 rings (SSSR count).